The molecule has 1 aliphatic carbocycles. The molecule has 3 saturated heterocycles. The van der Waals surface area contributed by atoms with Gasteiger partial charge in [-0.15, -0.1) is 0 Å². The highest BCUT2D eigenvalue weighted by atomic mass is 16.5. The zero-order chi connectivity index (χ0) is 12.2. The van der Waals surface area contributed by atoms with Crippen LogP contribution >= 0.6 is 0 Å². The van der Waals surface area contributed by atoms with Gasteiger partial charge in [0.15, 0.2) is 5.82 Å². The van der Waals surface area contributed by atoms with Crippen molar-refractivity contribution < 1.29 is 4.52 Å². The molecule has 5 rings (SSSR count). The van der Waals surface area contributed by atoms with Gasteiger partial charge in [0.2, 0.25) is 5.89 Å². The largest absolute Gasteiger partial charge is 0.339 e. The predicted octanol–water partition coefficient (Wildman–Crippen LogP) is -0.268. The Hall–Kier alpha value is -0.980. The number of fused-ring (bicyclic) bond motifs is 3. The summed E-state index contributed by atoms with van der Waals surface area (Å²) in [5.74, 6) is 1.62. The number of hydrogen-bond acceptors (Lipinski definition) is 6. The van der Waals surface area contributed by atoms with Crippen molar-refractivity contribution in [2.75, 3.05) is 39.3 Å². The van der Waals surface area contributed by atoms with E-state index in [4.69, 9.17) is 10.3 Å². The molecule has 2 bridgehead atoms. The van der Waals surface area contributed by atoms with Crippen molar-refractivity contribution in [3.05, 3.63) is 11.7 Å². The summed E-state index contributed by atoms with van der Waals surface area (Å²) in [5.41, 5.74) is 5.81. The molecule has 0 spiro atoms. The van der Waals surface area contributed by atoms with Crippen molar-refractivity contribution >= 4 is 0 Å². The fourth-order valence-electron chi connectivity index (χ4n) is 3.10. The van der Waals surface area contributed by atoms with Crippen LogP contribution in [-0.4, -0.2) is 59.2 Å². The van der Waals surface area contributed by atoms with E-state index >= 15 is 0 Å². The van der Waals surface area contributed by atoms with E-state index in [0.717, 1.165) is 44.2 Å². The Bertz CT molecular complexity index is 447. The molecule has 0 aromatic carbocycles. The van der Waals surface area contributed by atoms with Gasteiger partial charge in [0.25, 0.3) is 0 Å². The topological polar surface area (TPSA) is 71.4 Å². The zero-order valence-electron chi connectivity index (χ0n) is 10.5. The van der Waals surface area contributed by atoms with E-state index in [-0.39, 0.29) is 5.41 Å². The molecule has 3 aliphatic heterocycles. The van der Waals surface area contributed by atoms with Gasteiger partial charge in [-0.1, -0.05) is 5.16 Å². The van der Waals surface area contributed by atoms with Crippen LogP contribution in [0.4, 0.5) is 0 Å². The van der Waals surface area contributed by atoms with Gasteiger partial charge in [0.1, 0.15) is 0 Å². The fourth-order valence-corrected chi connectivity index (χ4v) is 3.10. The summed E-state index contributed by atoms with van der Waals surface area (Å²) in [6.45, 7) is 6.25. The molecule has 1 aromatic heterocycles. The van der Waals surface area contributed by atoms with Crippen LogP contribution in [0.3, 0.4) is 0 Å². The Morgan fingerprint density at radius 3 is 2.61 bits per heavy atom. The van der Waals surface area contributed by atoms with E-state index in [1.807, 2.05) is 0 Å². The number of rotatable bonds is 3. The zero-order valence-corrected chi connectivity index (χ0v) is 10.5. The first-order valence-electron chi connectivity index (χ1n) is 6.81. The third-order valence-electron chi connectivity index (χ3n) is 4.72. The molecule has 4 aliphatic rings. The van der Waals surface area contributed by atoms with E-state index in [9.17, 15) is 0 Å². The predicted molar refractivity (Wildman–Crippen MR) is 65.0 cm³/mol. The quantitative estimate of drug-likeness (QED) is 0.795. The van der Waals surface area contributed by atoms with E-state index in [1.165, 1.54) is 13.1 Å². The number of aromatic nitrogens is 2. The average Bonchev–Trinajstić information content (AvgIpc) is 3.09. The van der Waals surface area contributed by atoms with Crippen LogP contribution in [0.1, 0.15) is 30.6 Å². The number of nitrogens with two attached hydrogens (primary N) is 1. The second kappa shape index (κ2) is 3.76. The van der Waals surface area contributed by atoms with E-state index in [2.05, 4.69) is 19.9 Å². The van der Waals surface area contributed by atoms with Crippen LogP contribution in [0.15, 0.2) is 4.52 Å². The molecule has 2 N–H and O–H groups in total. The molecule has 0 amide bonds. The second-order valence-corrected chi connectivity index (χ2v) is 5.79. The minimum absolute atomic E-state index is 0.00848. The Kier molecular flexibility index (Phi) is 2.27. The van der Waals surface area contributed by atoms with Crippen LogP contribution in [0.25, 0.3) is 0 Å². The third-order valence-corrected chi connectivity index (χ3v) is 4.72. The molecule has 6 nitrogen and oxygen atoms in total. The van der Waals surface area contributed by atoms with Crippen molar-refractivity contribution in [3.8, 4) is 0 Å². The second-order valence-electron chi connectivity index (χ2n) is 5.79. The highest BCUT2D eigenvalue weighted by Gasteiger charge is 2.49. The van der Waals surface area contributed by atoms with Gasteiger partial charge in [-0.25, -0.2) is 0 Å². The standard InChI is InChI=1S/C12H19N5O/c13-8-12(1-2-12)11-14-10(15-18-11)9-7-16-3-5-17(9)6-4-16/h9H,1-8,13H2. The Balaban J connectivity index is 1.58. The lowest BCUT2D eigenvalue weighted by molar-refractivity contribution is 0.00781. The molecule has 1 atom stereocenters. The van der Waals surface area contributed by atoms with Crippen molar-refractivity contribution in [1.29, 1.82) is 0 Å². The number of hydrogen-bond donors (Lipinski definition) is 1. The Morgan fingerprint density at radius 1 is 1.28 bits per heavy atom. The maximum Gasteiger partial charge on any atom is 0.234 e. The maximum absolute atomic E-state index is 5.80. The van der Waals surface area contributed by atoms with E-state index in [0.29, 0.717) is 12.6 Å². The minimum atomic E-state index is 0.00848. The van der Waals surface area contributed by atoms with Crippen LogP contribution < -0.4 is 5.73 Å². The van der Waals surface area contributed by atoms with Crippen molar-refractivity contribution in [1.82, 2.24) is 19.9 Å². The normalized spacial score (nSPS) is 36.8. The summed E-state index contributed by atoms with van der Waals surface area (Å²) < 4.78 is 5.46. The molecule has 4 fully saturated rings. The lowest BCUT2D eigenvalue weighted by Crippen LogP contribution is -2.57. The molecule has 6 heteroatoms. The smallest absolute Gasteiger partial charge is 0.234 e. The molecular weight excluding hydrogens is 230 g/mol. The van der Waals surface area contributed by atoms with Crippen molar-refractivity contribution in [3.63, 3.8) is 0 Å². The summed E-state index contributed by atoms with van der Waals surface area (Å²) in [6, 6.07) is 0.318. The third kappa shape index (κ3) is 1.52. The maximum atomic E-state index is 5.80. The molecule has 1 unspecified atom stereocenters. The molecule has 1 saturated carbocycles. The lowest BCUT2D eigenvalue weighted by Gasteiger charge is -2.46. The van der Waals surface area contributed by atoms with E-state index in [1.54, 1.807) is 0 Å². The molecule has 98 valence electrons. The van der Waals surface area contributed by atoms with Gasteiger partial charge in [-0.2, -0.15) is 4.98 Å². The SMILES string of the molecule is NCC1(c2nc(C3CN4CCN3CC4)no2)CC1. The summed E-state index contributed by atoms with van der Waals surface area (Å²) in [4.78, 5) is 9.58. The molecule has 4 heterocycles. The molecule has 0 radical (unpaired) electrons. The van der Waals surface area contributed by atoms with Gasteiger partial charge in [-0.3, -0.25) is 9.80 Å². The highest BCUT2D eigenvalue weighted by Crippen LogP contribution is 2.46. The van der Waals surface area contributed by atoms with Gasteiger partial charge in [-0.05, 0) is 12.8 Å². The summed E-state index contributed by atoms with van der Waals surface area (Å²) in [5, 5.41) is 4.20. The van der Waals surface area contributed by atoms with Crippen LogP contribution in [0.2, 0.25) is 0 Å². The number of nitrogens with zero attached hydrogens (tertiary/aromatic N) is 4. The van der Waals surface area contributed by atoms with Gasteiger partial charge >= 0.3 is 0 Å². The minimum Gasteiger partial charge on any atom is -0.339 e. The fraction of sp³-hybridized carbons (Fsp3) is 0.833. The Labute approximate surface area is 106 Å². The van der Waals surface area contributed by atoms with E-state index < -0.39 is 0 Å². The van der Waals surface area contributed by atoms with Crippen molar-refractivity contribution in [2.45, 2.75) is 24.3 Å². The number of piperazine rings is 3. The summed E-state index contributed by atoms with van der Waals surface area (Å²) >= 11 is 0. The van der Waals surface area contributed by atoms with Gasteiger partial charge in [0, 0.05) is 39.3 Å². The van der Waals surface area contributed by atoms with Crippen molar-refractivity contribution in [2.24, 2.45) is 5.73 Å². The van der Waals surface area contributed by atoms with Crippen LogP contribution in [-0.2, 0) is 5.41 Å². The van der Waals surface area contributed by atoms with Crippen LogP contribution in [0, 0.1) is 0 Å². The lowest BCUT2D eigenvalue weighted by atomic mass is 10.1. The highest BCUT2D eigenvalue weighted by molar-refractivity contribution is 5.17. The van der Waals surface area contributed by atoms with Gasteiger partial charge < -0.3 is 10.3 Å². The molecule has 1 aromatic rings. The summed E-state index contributed by atoms with van der Waals surface area (Å²) in [6.07, 6.45) is 2.18. The molecular formula is C12H19N5O. The first-order chi connectivity index (χ1) is 8.81. The van der Waals surface area contributed by atoms with Gasteiger partial charge in [0.05, 0.1) is 11.5 Å². The Morgan fingerprint density at radius 2 is 2.06 bits per heavy atom. The first kappa shape index (κ1) is 10.9. The monoisotopic (exact) mass is 249 g/mol. The van der Waals surface area contributed by atoms with Crippen LogP contribution in [0.5, 0.6) is 0 Å². The first-order valence-corrected chi connectivity index (χ1v) is 6.81. The average molecular weight is 249 g/mol. The molecule has 18 heavy (non-hydrogen) atoms. The summed E-state index contributed by atoms with van der Waals surface area (Å²) in [7, 11) is 0.